The minimum Gasteiger partial charge on any atom is -0.481 e. The predicted octanol–water partition coefficient (Wildman–Crippen LogP) is 0.293. The highest BCUT2D eigenvalue weighted by atomic mass is 16.4. The number of likely N-dealkylation sites (tertiary alicyclic amines) is 1. The smallest absolute Gasteiger partial charge is 0.320 e. The Balaban J connectivity index is 1.48. The van der Waals surface area contributed by atoms with E-state index < -0.39 is 5.97 Å². The molecule has 6 heteroatoms. The first-order valence-electron chi connectivity index (χ1n) is 7.13. The molecule has 0 aromatic rings. The molecule has 1 atom stereocenters. The van der Waals surface area contributed by atoms with Gasteiger partial charge in [0.05, 0.1) is 6.42 Å². The lowest BCUT2D eigenvalue weighted by molar-refractivity contribution is -0.139. The SMILES string of the molecule is O=C(O)CC1CN(C(=O)N2CCN3CCCC3C2)C1. The Kier molecular flexibility index (Phi) is 3.35. The van der Waals surface area contributed by atoms with Crippen molar-refractivity contribution in [2.24, 2.45) is 5.92 Å². The molecule has 3 aliphatic heterocycles. The van der Waals surface area contributed by atoms with E-state index in [1.807, 2.05) is 4.90 Å². The number of piperazine rings is 1. The predicted molar refractivity (Wildman–Crippen MR) is 68.9 cm³/mol. The third kappa shape index (κ3) is 2.54. The Morgan fingerprint density at radius 3 is 2.58 bits per heavy atom. The van der Waals surface area contributed by atoms with Crippen LogP contribution in [0.4, 0.5) is 4.79 Å². The maximum Gasteiger partial charge on any atom is 0.320 e. The minimum atomic E-state index is -0.767. The number of aliphatic carboxylic acids is 1. The van der Waals surface area contributed by atoms with Crippen LogP contribution in [0.3, 0.4) is 0 Å². The Morgan fingerprint density at radius 1 is 1.05 bits per heavy atom. The number of hydrogen-bond donors (Lipinski definition) is 1. The van der Waals surface area contributed by atoms with Crippen LogP contribution in [-0.2, 0) is 4.79 Å². The van der Waals surface area contributed by atoms with Crippen LogP contribution in [0, 0.1) is 5.92 Å². The number of urea groups is 1. The van der Waals surface area contributed by atoms with E-state index in [4.69, 9.17) is 5.11 Å². The van der Waals surface area contributed by atoms with Crippen LogP contribution < -0.4 is 0 Å². The maximum atomic E-state index is 12.3. The molecule has 106 valence electrons. The standard InChI is InChI=1S/C13H21N3O3/c17-12(18)6-10-7-16(8-10)13(19)15-5-4-14-3-1-2-11(14)9-15/h10-11H,1-9H2,(H,17,18). The summed E-state index contributed by atoms with van der Waals surface area (Å²) in [4.78, 5) is 29.1. The van der Waals surface area contributed by atoms with Crippen molar-refractivity contribution in [2.45, 2.75) is 25.3 Å². The van der Waals surface area contributed by atoms with Gasteiger partial charge in [-0.05, 0) is 19.4 Å². The van der Waals surface area contributed by atoms with Crippen LogP contribution in [0.5, 0.6) is 0 Å². The van der Waals surface area contributed by atoms with Crippen LogP contribution >= 0.6 is 0 Å². The lowest BCUT2D eigenvalue weighted by atomic mass is 9.97. The second-order valence-electron chi connectivity index (χ2n) is 5.93. The van der Waals surface area contributed by atoms with E-state index in [2.05, 4.69) is 4.90 Å². The zero-order valence-corrected chi connectivity index (χ0v) is 11.1. The van der Waals surface area contributed by atoms with Crippen molar-refractivity contribution in [3.8, 4) is 0 Å². The zero-order chi connectivity index (χ0) is 13.4. The number of amides is 2. The molecular weight excluding hydrogens is 246 g/mol. The summed E-state index contributed by atoms with van der Waals surface area (Å²) in [6.45, 7) is 5.04. The van der Waals surface area contributed by atoms with Crippen LogP contribution in [0.25, 0.3) is 0 Å². The van der Waals surface area contributed by atoms with Gasteiger partial charge >= 0.3 is 12.0 Å². The number of rotatable bonds is 2. The maximum absolute atomic E-state index is 12.3. The van der Waals surface area contributed by atoms with Gasteiger partial charge in [-0.1, -0.05) is 0 Å². The lowest BCUT2D eigenvalue weighted by Gasteiger charge is -2.44. The summed E-state index contributed by atoms with van der Waals surface area (Å²) in [7, 11) is 0. The van der Waals surface area contributed by atoms with Crippen LogP contribution in [0.1, 0.15) is 19.3 Å². The molecule has 0 bridgehead atoms. The molecule has 0 aliphatic carbocycles. The molecular formula is C13H21N3O3. The highest BCUT2D eigenvalue weighted by Gasteiger charge is 2.38. The monoisotopic (exact) mass is 267 g/mol. The molecule has 3 rings (SSSR count). The molecule has 0 radical (unpaired) electrons. The molecule has 3 fully saturated rings. The summed E-state index contributed by atoms with van der Waals surface area (Å²) >= 11 is 0. The Hall–Kier alpha value is -1.30. The average Bonchev–Trinajstić information content (AvgIpc) is 2.79. The fraction of sp³-hybridized carbons (Fsp3) is 0.846. The molecule has 3 heterocycles. The summed E-state index contributed by atoms with van der Waals surface area (Å²) in [5, 5.41) is 8.71. The van der Waals surface area contributed by atoms with Gasteiger partial charge in [-0.25, -0.2) is 4.79 Å². The zero-order valence-electron chi connectivity index (χ0n) is 11.1. The molecule has 1 N–H and O–H groups in total. The van der Waals surface area contributed by atoms with Gasteiger partial charge in [0.1, 0.15) is 0 Å². The fourth-order valence-electron chi connectivity index (χ4n) is 3.47. The van der Waals surface area contributed by atoms with E-state index in [0.29, 0.717) is 19.1 Å². The molecule has 0 saturated carbocycles. The number of carboxylic acids is 1. The van der Waals surface area contributed by atoms with Crippen molar-refractivity contribution in [1.29, 1.82) is 0 Å². The van der Waals surface area contributed by atoms with Gasteiger partial charge in [-0.15, -0.1) is 0 Å². The Bertz CT molecular complexity index is 381. The van der Waals surface area contributed by atoms with Gasteiger partial charge in [-0.2, -0.15) is 0 Å². The van der Waals surface area contributed by atoms with Gasteiger partial charge in [0.15, 0.2) is 0 Å². The Morgan fingerprint density at radius 2 is 1.84 bits per heavy atom. The van der Waals surface area contributed by atoms with Crippen molar-refractivity contribution < 1.29 is 14.7 Å². The second-order valence-corrected chi connectivity index (χ2v) is 5.93. The van der Waals surface area contributed by atoms with Crippen LogP contribution in [0.2, 0.25) is 0 Å². The molecule has 19 heavy (non-hydrogen) atoms. The van der Waals surface area contributed by atoms with Crippen LogP contribution in [-0.4, -0.2) is 77.1 Å². The van der Waals surface area contributed by atoms with E-state index in [-0.39, 0.29) is 18.4 Å². The minimum absolute atomic E-state index is 0.105. The van der Waals surface area contributed by atoms with Gasteiger partial charge in [0.25, 0.3) is 0 Å². The first-order chi connectivity index (χ1) is 9.13. The first-order valence-corrected chi connectivity index (χ1v) is 7.13. The molecule has 2 amide bonds. The molecule has 6 nitrogen and oxygen atoms in total. The van der Waals surface area contributed by atoms with Gasteiger partial charge in [0, 0.05) is 44.7 Å². The third-order valence-corrected chi connectivity index (χ3v) is 4.55. The molecule has 3 saturated heterocycles. The topological polar surface area (TPSA) is 64.1 Å². The lowest BCUT2D eigenvalue weighted by Crippen LogP contribution is -2.60. The summed E-state index contributed by atoms with van der Waals surface area (Å²) in [6, 6.07) is 0.655. The van der Waals surface area contributed by atoms with E-state index in [1.54, 1.807) is 4.90 Å². The molecule has 3 aliphatic rings. The van der Waals surface area contributed by atoms with Crippen molar-refractivity contribution in [1.82, 2.24) is 14.7 Å². The number of fused-ring (bicyclic) bond motifs is 1. The third-order valence-electron chi connectivity index (χ3n) is 4.55. The largest absolute Gasteiger partial charge is 0.481 e. The number of carbonyl (C=O) groups is 2. The molecule has 0 spiro atoms. The van der Waals surface area contributed by atoms with Crippen LogP contribution in [0.15, 0.2) is 0 Å². The van der Waals surface area contributed by atoms with E-state index in [9.17, 15) is 9.59 Å². The number of nitrogens with zero attached hydrogens (tertiary/aromatic N) is 3. The number of carboxylic acid groups (broad SMARTS) is 1. The molecule has 0 aromatic heterocycles. The molecule has 1 unspecified atom stereocenters. The number of hydrogen-bond acceptors (Lipinski definition) is 3. The summed E-state index contributed by atoms with van der Waals surface area (Å²) in [5.74, 6) is -0.620. The van der Waals surface area contributed by atoms with Crippen molar-refractivity contribution >= 4 is 12.0 Å². The first kappa shape index (κ1) is 12.7. The van der Waals surface area contributed by atoms with Crippen molar-refractivity contribution in [2.75, 3.05) is 39.3 Å². The highest BCUT2D eigenvalue weighted by Crippen LogP contribution is 2.25. The second kappa shape index (κ2) is 5.00. The van der Waals surface area contributed by atoms with Gasteiger partial charge < -0.3 is 14.9 Å². The average molecular weight is 267 g/mol. The summed E-state index contributed by atoms with van der Waals surface area (Å²) in [6.07, 6.45) is 2.63. The highest BCUT2D eigenvalue weighted by molar-refractivity contribution is 5.76. The Labute approximate surface area is 112 Å². The fourth-order valence-corrected chi connectivity index (χ4v) is 3.47. The summed E-state index contributed by atoms with van der Waals surface area (Å²) < 4.78 is 0. The van der Waals surface area contributed by atoms with Crippen molar-refractivity contribution in [3.05, 3.63) is 0 Å². The summed E-state index contributed by atoms with van der Waals surface area (Å²) in [5.41, 5.74) is 0. The van der Waals surface area contributed by atoms with E-state index in [0.717, 1.165) is 19.6 Å². The van der Waals surface area contributed by atoms with Gasteiger partial charge in [-0.3, -0.25) is 9.69 Å². The quantitative estimate of drug-likeness (QED) is 0.781. The normalized spacial score (nSPS) is 28.1. The molecule has 0 aromatic carbocycles. The van der Waals surface area contributed by atoms with E-state index >= 15 is 0 Å². The van der Waals surface area contributed by atoms with Crippen molar-refractivity contribution in [3.63, 3.8) is 0 Å². The number of carbonyl (C=O) groups excluding carboxylic acids is 1. The van der Waals surface area contributed by atoms with Gasteiger partial charge in [0.2, 0.25) is 0 Å². The van der Waals surface area contributed by atoms with E-state index in [1.165, 1.54) is 19.4 Å².